The molecule has 0 spiro atoms. The number of aliphatic hydroxyl groups excluding tert-OH is 1. The van der Waals surface area contributed by atoms with Crippen LogP contribution in [0, 0.1) is 6.92 Å². The molecule has 0 aliphatic rings. The number of hydrogen-bond donors (Lipinski definition) is 2. The van der Waals surface area contributed by atoms with Gasteiger partial charge in [-0.1, -0.05) is 12.5 Å². The maximum Gasteiger partial charge on any atom is 0.332 e. The molecule has 2 aromatic heterocycles. The number of anilines is 1. The van der Waals surface area contributed by atoms with Crippen molar-refractivity contribution in [3.05, 3.63) is 60.5 Å². The molecule has 10 nitrogen and oxygen atoms in total. The third-order valence-electron chi connectivity index (χ3n) is 4.99. The van der Waals surface area contributed by atoms with Crippen molar-refractivity contribution in [3.63, 3.8) is 0 Å². The van der Waals surface area contributed by atoms with Gasteiger partial charge in [0.25, 0.3) is 5.56 Å². The van der Waals surface area contributed by atoms with E-state index in [-0.39, 0.29) is 44.4 Å². The first-order chi connectivity index (χ1) is 15.8. The van der Waals surface area contributed by atoms with E-state index in [2.05, 4.69) is 16.7 Å². The van der Waals surface area contributed by atoms with E-state index in [1.807, 2.05) is 32.2 Å². The molecular formula is C22H32N6O4S. The van der Waals surface area contributed by atoms with Gasteiger partial charge in [-0.3, -0.25) is 13.9 Å². The molecule has 0 saturated carbocycles. The average Bonchev–Trinajstić information content (AvgIpc) is 3.22. The van der Waals surface area contributed by atoms with Crippen LogP contribution in [0.3, 0.4) is 0 Å². The van der Waals surface area contributed by atoms with E-state index in [0.29, 0.717) is 5.76 Å². The highest BCUT2D eigenvalue weighted by Gasteiger charge is 2.23. The largest absolute Gasteiger partial charge is 0.472 e. The molecule has 0 aromatic carbocycles. The Bertz CT molecular complexity index is 1140. The van der Waals surface area contributed by atoms with Crippen LogP contribution in [0.25, 0.3) is 0 Å². The SMILES string of the molecule is C=Nc1c(N(COC(/C=C(/C)CC)=C/N)Cc2nc(C)cs2)c(=O)n(CCCO)c(=O)n1C. The lowest BCUT2D eigenvalue weighted by atomic mass is 10.2. The number of aryl methyl sites for hydroxylation is 1. The summed E-state index contributed by atoms with van der Waals surface area (Å²) < 4.78 is 8.28. The molecule has 2 aromatic rings. The van der Waals surface area contributed by atoms with Gasteiger partial charge in [0.1, 0.15) is 16.5 Å². The van der Waals surface area contributed by atoms with E-state index in [0.717, 1.165) is 27.3 Å². The lowest BCUT2D eigenvalue weighted by Gasteiger charge is -2.26. The van der Waals surface area contributed by atoms with E-state index in [4.69, 9.17) is 10.5 Å². The molecule has 0 aliphatic heterocycles. The van der Waals surface area contributed by atoms with Crippen molar-refractivity contribution in [3.8, 4) is 0 Å². The number of aromatic nitrogens is 3. The summed E-state index contributed by atoms with van der Waals surface area (Å²) in [5, 5.41) is 11.9. The van der Waals surface area contributed by atoms with Gasteiger partial charge in [0.2, 0.25) is 0 Å². The van der Waals surface area contributed by atoms with E-state index < -0.39 is 11.2 Å². The zero-order valence-corrected chi connectivity index (χ0v) is 20.4. The van der Waals surface area contributed by atoms with Crippen molar-refractivity contribution in [2.45, 2.75) is 46.7 Å². The number of aliphatic imine (C=N–C) groups is 1. The van der Waals surface area contributed by atoms with Crippen LogP contribution in [-0.4, -0.2) is 39.3 Å². The summed E-state index contributed by atoms with van der Waals surface area (Å²) in [6.45, 7) is 9.59. The molecule has 0 aliphatic carbocycles. The first-order valence-electron chi connectivity index (χ1n) is 10.6. The summed E-state index contributed by atoms with van der Waals surface area (Å²) in [6.07, 6.45) is 4.29. The van der Waals surface area contributed by atoms with Crippen LogP contribution in [0.15, 0.2) is 43.6 Å². The highest BCUT2D eigenvalue weighted by Crippen LogP contribution is 2.25. The predicted octanol–water partition coefficient (Wildman–Crippen LogP) is 2.16. The summed E-state index contributed by atoms with van der Waals surface area (Å²) in [7, 11) is 1.52. The van der Waals surface area contributed by atoms with Crippen LogP contribution >= 0.6 is 11.3 Å². The summed E-state index contributed by atoms with van der Waals surface area (Å²) >= 11 is 1.46. The Morgan fingerprint density at radius 1 is 1.45 bits per heavy atom. The molecule has 0 unspecified atom stereocenters. The molecular weight excluding hydrogens is 444 g/mol. The number of hydrogen-bond acceptors (Lipinski definition) is 9. The molecule has 2 heterocycles. The van der Waals surface area contributed by atoms with Gasteiger partial charge in [-0.25, -0.2) is 14.8 Å². The number of nitrogens with two attached hydrogens (primary N) is 1. The van der Waals surface area contributed by atoms with Gasteiger partial charge >= 0.3 is 5.69 Å². The maximum absolute atomic E-state index is 13.4. The van der Waals surface area contributed by atoms with Gasteiger partial charge < -0.3 is 20.5 Å². The van der Waals surface area contributed by atoms with E-state index in [1.54, 1.807) is 4.90 Å². The van der Waals surface area contributed by atoms with Crippen LogP contribution in [0.2, 0.25) is 0 Å². The van der Waals surface area contributed by atoms with Gasteiger partial charge in [0.15, 0.2) is 12.5 Å². The van der Waals surface area contributed by atoms with Gasteiger partial charge in [-0.2, -0.15) is 0 Å². The Labute approximate surface area is 197 Å². The number of nitrogens with zero attached hydrogens (tertiary/aromatic N) is 5. The Kier molecular flexibility index (Phi) is 9.61. The Morgan fingerprint density at radius 2 is 2.18 bits per heavy atom. The third-order valence-corrected chi connectivity index (χ3v) is 5.94. The fraction of sp³-hybridized carbons (Fsp3) is 0.455. The van der Waals surface area contributed by atoms with Crippen molar-refractivity contribution in [1.29, 1.82) is 0 Å². The second kappa shape index (κ2) is 12.2. The minimum Gasteiger partial charge on any atom is -0.472 e. The minimum atomic E-state index is -0.538. The number of allylic oxidation sites excluding steroid dienone is 2. The standard InChI is InChI=1S/C22H32N6O4S/c1-6-15(2)10-17(11-23)32-14-27(12-18-25-16(3)13-33-18)19-20(24-4)26(5)22(31)28(21(19)30)8-7-9-29/h10-11,13,29H,4,6-9,12,14,23H2,1-3,5H3/b15-10-,17-11+. The van der Waals surface area contributed by atoms with Crippen molar-refractivity contribution in [2.24, 2.45) is 17.8 Å². The Balaban J connectivity index is 2.60. The molecule has 0 saturated heterocycles. The van der Waals surface area contributed by atoms with Crippen LogP contribution in [0.4, 0.5) is 11.5 Å². The molecule has 0 bridgehead atoms. The average molecular weight is 477 g/mol. The Morgan fingerprint density at radius 3 is 2.73 bits per heavy atom. The van der Waals surface area contributed by atoms with Gasteiger partial charge in [-0.15, -0.1) is 11.3 Å². The Hall–Kier alpha value is -3.18. The quantitative estimate of drug-likeness (QED) is 0.208. The second-order valence-corrected chi connectivity index (χ2v) is 8.42. The molecule has 0 radical (unpaired) electrons. The second-order valence-electron chi connectivity index (χ2n) is 7.47. The van der Waals surface area contributed by atoms with Crippen LogP contribution in [0.5, 0.6) is 0 Å². The zero-order chi connectivity index (χ0) is 24.5. The normalized spacial score (nSPS) is 12.2. The molecule has 0 atom stereocenters. The fourth-order valence-electron chi connectivity index (χ4n) is 3.09. The van der Waals surface area contributed by atoms with E-state index >= 15 is 0 Å². The summed E-state index contributed by atoms with van der Waals surface area (Å²) in [6, 6.07) is 0. The number of thiazole rings is 1. The van der Waals surface area contributed by atoms with E-state index in [9.17, 15) is 14.7 Å². The van der Waals surface area contributed by atoms with Gasteiger partial charge in [0, 0.05) is 37.5 Å². The fourth-order valence-corrected chi connectivity index (χ4v) is 3.87. The molecule has 2 rings (SSSR count). The highest BCUT2D eigenvalue weighted by molar-refractivity contribution is 7.09. The molecule has 180 valence electrons. The van der Waals surface area contributed by atoms with Crippen molar-refractivity contribution in [2.75, 3.05) is 18.2 Å². The summed E-state index contributed by atoms with van der Waals surface area (Å²) in [4.78, 5) is 36.3. The monoisotopic (exact) mass is 476 g/mol. The van der Waals surface area contributed by atoms with Gasteiger partial charge in [-0.05, 0) is 39.5 Å². The smallest absolute Gasteiger partial charge is 0.332 e. The number of rotatable bonds is 12. The lowest BCUT2D eigenvalue weighted by molar-refractivity contribution is 0.220. The van der Waals surface area contributed by atoms with Crippen LogP contribution in [0.1, 0.15) is 37.4 Å². The minimum absolute atomic E-state index is 0.0366. The zero-order valence-electron chi connectivity index (χ0n) is 19.6. The number of ether oxygens (including phenoxy) is 1. The van der Waals surface area contributed by atoms with Crippen molar-refractivity contribution >= 4 is 29.6 Å². The van der Waals surface area contributed by atoms with Crippen molar-refractivity contribution in [1.82, 2.24) is 14.1 Å². The van der Waals surface area contributed by atoms with Crippen LogP contribution < -0.4 is 21.9 Å². The third kappa shape index (κ3) is 6.42. The maximum atomic E-state index is 13.4. The molecule has 0 fully saturated rings. The number of aliphatic hydroxyl groups is 1. The lowest BCUT2D eigenvalue weighted by Crippen LogP contribution is -2.43. The van der Waals surface area contributed by atoms with E-state index in [1.165, 1.54) is 29.2 Å². The summed E-state index contributed by atoms with van der Waals surface area (Å²) in [5.41, 5.74) is 6.77. The topological polar surface area (TPSA) is 128 Å². The first-order valence-corrected chi connectivity index (χ1v) is 11.4. The first kappa shape index (κ1) is 26.1. The van der Waals surface area contributed by atoms with Gasteiger partial charge in [0.05, 0.1) is 6.54 Å². The highest BCUT2D eigenvalue weighted by atomic mass is 32.1. The molecule has 33 heavy (non-hydrogen) atoms. The molecule has 0 amide bonds. The predicted molar refractivity (Wildman–Crippen MR) is 132 cm³/mol. The van der Waals surface area contributed by atoms with Crippen molar-refractivity contribution < 1.29 is 9.84 Å². The molecule has 3 N–H and O–H groups in total. The van der Waals surface area contributed by atoms with Crippen LogP contribution in [-0.2, 0) is 24.9 Å². The molecule has 11 heteroatoms. The summed E-state index contributed by atoms with van der Waals surface area (Å²) in [5.74, 6) is 0.578.